The first-order valence-electron chi connectivity index (χ1n) is 12.3. The molecule has 0 fully saturated rings. The van der Waals surface area contributed by atoms with E-state index in [-0.39, 0.29) is 48.7 Å². The maximum atomic E-state index is 12.1. The van der Waals surface area contributed by atoms with Crippen LogP contribution in [0.5, 0.6) is 0 Å². The van der Waals surface area contributed by atoms with E-state index in [1.165, 1.54) is 0 Å². The monoisotopic (exact) mass is 546 g/mol. The van der Waals surface area contributed by atoms with Gasteiger partial charge in [0.25, 0.3) is 0 Å². The number of hydrogen-bond acceptors (Lipinski definition) is 8. The summed E-state index contributed by atoms with van der Waals surface area (Å²) in [5, 5.41) is 0. The van der Waals surface area contributed by atoms with Gasteiger partial charge in [-0.3, -0.25) is 0 Å². The summed E-state index contributed by atoms with van der Waals surface area (Å²) in [7, 11) is 0. The van der Waals surface area contributed by atoms with Crippen LogP contribution in [-0.4, -0.2) is 23.9 Å². The largest absolute Gasteiger partial charge is 0.457 e. The first-order valence-corrected chi connectivity index (χ1v) is 12.3. The van der Waals surface area contributed by atoms with Gasteiger partial charge in [0, 0.05) is 22.3 Å². The van der Waals surface area contributed by atoms with Gasteiger partial charge >= 0.3 is 23.9 Å². The highest BCUT2D eigenvalue weighted by atomic mass is 16.5. The highest BCUT2D eigenvalue weighted by Gasteiger charge is 2.14. The molecule has 0 unspecified atom stereocenters. The van der Waals surface area contributed by atoms with Crippen molar-refractivity contribution in [2.24, 2.45) is 0 Å². The van der Waals surface area contributed by atoms with Gasteiger partial charge in [-0.1, -0.05) is 38.4 Å². The summed E-state index contributed by atoms with van der Waals surface area (Å²) in [6, 6.07) is 10.8. The van der Waals surface area contributed by atoms with Crippen LogP contribution in [-0.2, 0) is 64.6 Å². The summed E-state index contributed by atoms with van der Waals surface area (Å²) in [6.07, 6.45) is 0. The topological polar surface area (TPSA) is 105 Å². The summed E-state index contributed by atoms with van der Waals surface area (Å²) < 4.78 is 21.3. The van der Waals surface area contributed by atoms with Crippen LogP contribution in [0, 0.1) is 0 Å². The molecule has 0 aromatic heterocycles. The number of hydrogen-bond donors (Lipinski definition) is 0. The summed E-state index contributed by atoms with van der Waals surface area (Å²) >= 11 is 0. The van der Waals surface area contributed by atoms with Gasteiger partial charge in [0.2, 0.25) is 0 Å². The molecule has 0 spiro atoms. The molecule has 2 aromatic carbocycles. The molecule has 0 saturated heterocycles. The fourth-order valence-electron chi connectivity index (χ4n) is 3.25. The second-order valence-electron chi connectivity index (χ2n) is 9.45. The Morgan fingerprint density at radius 2 is 0.875 bits per heavy atom. The third-order valence-corrected chi connectivity index (χ3v) is 5.44. The van der Waals surface area contributed by atoms with E-state index in [2.05, 4.69) is 26.3 Å². The lowest BCUT2D eigenvalue weighted by Crippen LogP contribution is -2.10. The number of ether oxygens (including phenoxy) is 4. The molecule has 0 saturated carbocycles. The standard InChI is InChI=1S/C32H34O8/c1-19(2)29(33)37-15-23-11-24(16-38-30(34)20(3)4)13-27(12-23)25-9-10-26(17-39-31(35)21(5)6)28(14-25)18-40-32(36)22(7)8/h9-14H,1,3,5,7,15-18H2,2,4,6,8H3. The van der Waals surface area contributed by atoms with Crippen LogP contribution in [0.3, 0.4) is 0 Å². The van der Waals surface area contributed by atoms with Crippen molar-refractivity contribution in [3.8, 4) is 11.1 Å². The van der Waals surface area contributed by atoms with Gasteiger partial charge in [-0.15, -0.1) is 0 Å². The molecule has 0 amide bonds. The van der Waals surface area contributed by atoms with Gasteiger partial charge in [-0.25, -0.2) is 19.2 Å². The quantitative estimate of drug-likeness (QED) is 0.176. The maximum absolute atomic E-state index is 12.1. The zero-order chi connectivity index (χ0) is 30.0. The van der Waals surface area contributed by atoms with E-state index in [1.807, 2.05) is 18.2 Å². The van der Waals surface area contributed by atoms with E-state index in [1.54, 1.807) is 45.9 Å². The van der Waals surface area contributed by atoms with Gasteiger partial charge in [0.1, 0.15) is 26.4 Å². The van der Waals surface area contributed by atoms with Crippen molar-refractivity contribution in [3.63, 3.8) is 0 Å². The molecule has 0 N–H and O–H groups in total. The van der Waals surface area contributed by atoms with Crippen LogP contribution in [0.1, 0.15) is 49.9 Å². The summed E-state index contributed by atoms with van der Waals surface area (Å²) in [6.45, 7) is 20.4. The van der Waals surface area contributed by atoms with E-state index < -0.39 is 23.9 Å². The average Bonchev–Trinajstić information content (AvgIpc) is 2.91. The van der Waals surface area contributed by atoms with Crippen molar-refractivity contribution in [2.75, 3.05) is 0 Å². The summed E-state index contributed by atoms with van der Waals surface area (Å²) in [5.74, 6) is -2.16. The molecular formula is C32H34O8. The fraction of sp³-hybridized carbons (Fsp3) is 0.250. The lowest BCUT2D eigenvalue weighted by molar-refractivity contribution is -0.141. The minimum atomic E-state index is -0.557. The third-order valence-electron chi connectivity index (χ3n) is 5.44. The van der Waals surface area contributed by atoms with Crippen molar-refractivity contribution in [2.45, 2.75) is 54.1 Å². The van der Waals surface area contributed by atoms with Crippen LogP contribution >= 0.6 is 0 Å². The molecule has 0 aliphatic heterocycles. The molecule has 2 aromatic rings. The maximum Gasteiger partial charge on any atom is 0.333 e. The van der Waals surface area contributed by atoms with E-state index in [9.17, 15) is 19.2 Å². The number of esters is 4. The Morgan fingerprint density at radius 1 is 0.500 bits per heavy atom. The number of benzene rings is 2. The first kappa shape index (κ1) is 31.5. The number of carbonyl (C=O) groups is 4. The zero-order valence-corrected chi connectivity index (χ0v) is 23.4. The van der Waals surface area contributed by atoms with Gasteiger partial charge in [0.05, 0.1) is 0 Å². The van der Waals surface area contributed by atoms with Crippen molar-refractivity contribution in [1.82, 2.24) is 0 Å². The predicted octanol–water partition coefficient (Wildman–Crippen LogP) is 5.83. The average molecular weight is 547 g/mol. The molecule has 0 aliphatic rings. The minimum Gasteiger partial charge on any atom is -0.457 e. The molecule has 0 bridgehead atoms. The second kappa shape index (κ2) is 14.4. The molecule has 40 heavy (non-hydrogen) atoms. The minimum absolute atomic E-state index is 0.0288. The Labute approximate surface area is 234 Å². The van der Waals surface area contributed by atoms with Crippen molar-refractivity contribution in [1.29, 1.82) is 0 Å². The van der Waals surface area contributed by atoms with Crippen LogP contribution in [0.2, 0.25) is 0 Å². The van der Waals surface area contributed by atoms with Crippen LogP contribution in [0.25, 0.3) is 11.1 Å². The Hall–Kier alpha value is -4.72. The predicted molar refractivity (Wildman–Crippen MR) is 150 cm³/mol. The normalized spacial score (nSPS) is 10.2. The Morgan fingerprint density at radius 3 is 1.27 bits per heavy atom. The van der Waals surface area contributed by atoms with Crippen LogP contribution in [0.15, 0.2) is 85.0 Å². The van der Waals surface area contributed by atoms with Crippen molar-refractivity contribution < 1.29 is 38.1 Å². The highest BCUT2D eigenvalue weighted by Crippen LogP contribution is 2.27. The van der Waals surface area contributed by atoms with Gasteiger partial charge in [-0.05, 0) is 85.3 Å². The van der Waals surface area contributed by atoms with E-state index in [0.29, 0.717) is 22.3 Å². The molecule has 0 heterocycles. The van der Waals surface area contributed by atoms with Crippen LogP contribution < -0.4 is 0 Å². The highest BCUT2D eigenvalue weighted by molar-refractivity contribution is 5.88. The van der Waals surface area contributed by atoms with E-state index in [0.717, 1.165) is 11.1 Å². The summed E-state index contributed by atoms with van der Waals surface area (Å²) in [5.41, 5.74) is 5.05. The first-order chi connectivity index (χ1) is 18.8. The molecule has 0 atom stereocenters. The van der Waals surface area contributed by atoms with Gasteiger partial charge in [-0.2, -0.15) is 0 Å². The number of rotatable bonds is 13. The molecule has 0 aliphatic carbocycles. The molecular weight excluding hydrogens is 512 g/mol. The van der Waals surface area contributed by atoms with Gasteiger partial charge < -0.3 is 18.9 Å². The van der Waals surface area contributed by atoms with Gasteiger partial charge in [0.15, 0.2) is 0 Å². The van der Waals surface area contributed by atoms with E-state index >= 15 is 0 Å². The molecule has 8 nitrogen and oxygen atoms in total. The van der Waals surface area contributed by atoms with Crippen molar-refractivity contribution in [3.05, 3.63) is 107 Å². The smallest absolute Gasteiger partial charge is 0.333 e. The SMILES string of the molecule is C=C(C)C(=O)OCc1cc(COC(=O)C(=C)C)cc(-c2ccc(COC(=O)C(=C)C)c(COC(=O)C(=C)C)c2)c1. The molecule has 0 radical (unpaired) electrons. The van der Waals surface area contributed by atoms with E-state index in [4.69, 9.17) is 18.9 Å². The molecule has 210 valence electrons. The lowest BCUT2D eigenvalue weighted by atomic mass is 9.96. The third kappa shape index (κ3) is 9.54. The van der Waals surface area contributed by atoms with Crippen molar-refractivity contribution >= 4 is 23.9 Å². The fourth-order valence-corrected chi connectivity index (χ4v) is 3.25. The lowest BCUT2D eigenvalue weighted by Gasteiger charge is -2.15. The zero-order valence-electron chi connectivity index (χ0n) is 23.4. The Balaban J connectivity index is 2.49. The molecule has 2 rings (SSSR count). The summed E-state index contributed by atoms with van der Waals surface area (Å²) in [4.78, 5) is 47.9. The second-order valence-corrected chi connectivity index (χ2v) is 9.45. The number of carbonyl (C=O) groups excluding carboxylic acids is 4. The Bertz CT molecular complexity index is 1330. The van der Waals surface area contributed by atoms with Crippen LogP contribution in [0.4, 0.5) is 0 Å². The Kier molecular flexibility index (Phi) is 11.4. The molecule has 8 heteroatoms.